The van der Waals surface area contributed by atoms with E-state index in [1.807, 2.05) is 0 Å². The predicted molar refractivity (Wildman–Crippen MR) is 187 cm³/mol. The van der Waals surface area contributed by atoms with Crippen molar-refractivity contribution in [3.8, 4) is 33.4 Å². The van der Waals surface area contributed by atoms with Crippen molar-refractivity contribution in [3.05, 3.63) is 170 Å². The Bertz CT molecular complexity index is 2240. The van der Waals surface area contributed by atoms with Gasteiger partial charge in [-0.2, -0.15) is 0 Å². The Morgan fingerprint density at radius 2 is 0.884 bits per heavy atom. The monoisotopic (exact) mass is 560 g/mol. The molecular formula is C42H28Si. The Morgan fingerprint density at radius 3 is 1.70 bits per heavy atom. The van der Waals surface area contributed by atoms with Gasteiger partial charge in [0.05, 0.1) is 0 Å². The number of rotatable bonds is 5. The van der Waals surface area contributed by atoms with Crippen LogP contribution in [0.3, 0.4) is 0 Å². The highest BCUT2D eigenvalue weighted by Crippen LogP contribution is 2.45. The average Bonchev–Trinajstić information content (AvgIpc) is 3.08. The molecule has 0 heterocycles. The van der Waals surface area contributed by atoms with Gasteiger partial charge in [-0.25, -0.2) is 0 Å². The maximum atomic E-state index is 2.45. The second-order valence-electron chi connectivity index (χ2n) is 11.0. The maximum absolute atomic E-state index is 2.45. The van der Waals surface area contributed by atoms with Gasteiger partial charge in [0.25, 0.3) is 0 Å². The van der Waals surface area contributed by atoms with Gasteiger partial charge in [-0.15, -0.1) is 0 Å². The second-order valence-corrected chi connectivity index (χ2v) is 12.4. The molecule has 0 bridgehead atoms. The van der Waals surface area contributed by atoms with E-state index in [1.54, 1.807) is 0 Å². The molecule has 0 amide bonds. The first kappa shape index (κ1) is 25.5. The molecule has 0 spiro atoms. The fraction of sp³-hybridized carbons (Fsp3) is 0. The van der Waals surface area contributed by atoms with E-state index in [-0.39, 0.29) is 0 Å². The van der Waals surface area contributed by atoms with E-state index < -0.39 is 0 Å². The predicted octanol–water partition coefficient (Wildman–Crippen LogP) is 9.80. The van der Waals surface area contributed by atoms with Crippen LogP contribution in [-0.4, -0.2) is 9.52 Å². The Morgan fingerprint density at radius 1 is 0.302 bits per heavy atom. The van der Waals surface area contributed by atoms with Gasteiger partial charge in [0, 0.05) is 0 Å². The molecule has 0 atom stereocenters. The van der Waals surface area contributed by atoms with E-state index in [0.717, 1.165) is 0 Å². The average molecular weight is 561 g/mol. The molecule has 8 aromatic carbocycles. The molecule has 0 aliphatic carbocycles. The lowest BCUT2D eigenvalue weighted by atomic mass is 9.84. The third kappa shape index (κ3) is 4.65. The zero-order chi connectivity index (χ0) is 28.6. The van der Waals surface area contributed by atoms with Crippen molar-refractivity contribution in [2.45, 2.75) is 0 Å². The maximum Gasteiger partial charge on any atom is 0.121 e. The number of fused-ring (bicyclic) bond motifs is 3. The molecular weight excluding hydrogens is 533 g/mol. The molecule has 8 aromatic rings. The summed E-state index contributed by atoms with van der Waals surface area (Å²) in [5.41, 5.74) is 7.59. The van der Waals surface area contributed by atoms with E-state index in [9.17, 15) is 0 Å². The third-order valence-electron chi connectivity index (χ3n) is 8.40. The topological polar surface area (TPSA) is 0 Å². The Labute approximate surface area is 254 Å². The van der Waals surface area contributed by atoms with Gasteiger partial charge in [0.1, 0.15) is 9.52 Å². The Hall–Kier alpha value is -5.24. The van der Waals surface area contributed by atoms with Crippen LogP contribution in [0.5, 0.6) is 0 Å². The van der Waals surface area contributed by atoms with Gasteiger partial charge < -0.3 is 0 Å². The lowest BCUT2D eigenvalue weighted by Gasteiger charge is -2.20. The van der Waals surface area contributed by atoms with E-state index in [2.05, 4.69) is 170 Å². The summed E-state index contributed by atoms with van der Waals surface area (Å²) in [7, 11) is 0.595. The van der Waals surface area contributed by atoms with Crippen LogP contribution in [-0.2, 0) is 0 Å². The lowest BCUT2D eigenvalue weighted by molar-refractivity contribution is 1.61. The normalized spacial score (nSPS) is 11.3. The first-order valence-electron chi connectivity index (χ1n) is 14.8. The number of benzene rings is 8. The molecule has 0 aliphatic heterocycles. The molecule has 2 radical (unpaired) electrons. The van der Waals surface area contributed by atoms with Crippen LogP contribution in [0.4, 0.5) is 0 Å². The molecule has 0 aliphatic rings. The summed E-state index contributed by atoms with van der Waals surface area (Å²) in [5.74, 6) is 0. The minimum absolute atomic E-state index is 0.595. The van der Waals surface area contributed by atoms with Crippen LogP contribution in [0.1, 0.15) is 0 Å². The highest BCUT2D eigenvalue weighted by atomic mass is 28.2. The minimum atomic E-state index is 0.595. The van der Waals surface area contributed by atoms with E-state index in [1.165, 1.54) is 76.1 Å². The van der Waals surface area contributed by atoms with Crippen molar-refractivity contribution < 1.29 is 0 Å². The molecule has 0 fully saturated rings. The molecule has 1 heteroatoms. The van der Waals surface area contributed by atoms with Crippen LogP contribution >= 0.6 is 0 Å². The summed E-state index contributed by atoms with van der Waals surface area (Å²) in [6.45, 7) is 0. The Balaban J connectivity index is 1.46. The first-order chi connectivity index (χ1) is 21.3. The van der Waals surface area contributed by atoms with Crippen LogP contribution in [0.15, 0.2) is 170 Å². The summed E-state index contributed by atoms with van der Waals surface area (Å²) in [5, 5.41) is 10.4. The van der Waals surface area contributed by atoms with Crippen molar-refractivity contribution in [2.24, 2.45) is 0 Å². The van der Waals surface area contributed by atoms with Gasteiger partial charge in [-0.1, -0.05) is 174 Å². The van der Waals surface area contributed by atoms with E-state index >= 15 is 0 Å². The minimum Gasteiger partial charge on any atom is -0.0631 e. The molecule has 8 rings (SSSR count). The molecule has 0 unspecified atom stereocenters. The van der Waals surface area contributed by atoms with E-state index in [4.69, 9.17) is 0 Å². The molecule has 0 N–H and O–H groups in total. The van der Waals surface area contributed by atoms with Gasteiger partial charge in [0.2, 0.25) is 0 Å². The lowest BCUT2D eigenvalue weighted by Crippen LogP contribution is -2.26. The fourth-order valence-electron chi connectivity index (χ4n) is 6.47. The molecule has 0 nitrogen and oxygen atoms in total. The van der Waals surface area contributed by atoms with Crippen molar-refractivity contribution in [1.82, 2.24) is 0 Å². The summed E-state index contributed by atoms with van der Waals surface area (Å²) in [4.78, 5) is 0. The van der Waals surface area contributed by atoms with Crippen molar-refractivity contribution in [1.29, 1.82) is 0 Å². The molecule has 200 valence electrons. The largest absolute Gasteiger partial charge is 0.121 e. The Kier molecular flexibility index (Phi) is 6.44. The van der Waals surface area contributed by atoms with Crippen LogP contribution < -0.4 is 10.4 Å². The molecule has 43 heavy (non-hydrogen) atoms. The smallest absolute Gasteiger partial charge is 0.0631 e. The van der Waals surface area contributed by atoms with Gasteiger partial charge in [0.15, 0.2) is 0 Å². The summed E-state index contributed by atoms with van der Waals surface area (Å²) in [6.07, 6.45) is 0. The fourth-order valence-corrected chi connectivity index (χ4v) is 7.55. The van der Waals surface area contributed by atoms with Crippen LogP contribution in [0, 0.1) is 0 Å². The van der Waals surface area contributed by atoms with Gasteiger partial charge in [-0.3, -0.25) is 0 Å². The van der Waals surface area contributed by atoms with Crippen molar-refractivity contribution in [3.63, 3.8) is 0 Å². The summed E-state index contributed by atoms with van der Waals surface area (Å²) >= 11 is 0. The zero-order valence-corrected chi connectivity index (χ0v) is 24.7. The SMILES string of the molecule is c1ccc([Si]c2ccc3c(-c4cccc(-c5ccccc5)c4)c4ccccc4c(-c4cccc5ccccc45)c3c2)cc1. The first-order valence-corrected chi connectivity index (χ1v) is 15.8. The number of hydrogen-bond donors (Lipinski definition) is 0. The zero-order valence-electron chi connectivity index (χ0n) is 23.7. The third-order valence-corrected chi connectivity index (χ3v) is 9.63. The highest BCUT2D eigenvalue weighted by Gasteiger charge is 2.19. The van der Waals surface area contributed by atoms with E-state index in [0.29, 0.717) is 9.52 Å². The molecule has 0 saturated heterocycles. The van der Waals surface area contributed by atoms with Gasteiger partial charge in [-0.05, 0) is 71.8 Å². The van der Waals surface area contributed by atoms with Crippen molar-refractivity contribution >= 4 is 52.2 Å². The summed E-state index contributed by atoms with van der Waals surface area (Å²) in [6, 6.07) is 62.1. The highest BCUT2D eigenvalue weighted by molar-refractivity contribution is 6.67. The van der Waals surface area contributed by atoms with Crippen LogP contribution in [0.25, 0.3) is 65.7 Å². The quantitative estimate of drug-likeness (QED) is 0.145. The molecule has 0 aromatic heterocycles. The van der Waals surface area contributed by atoms with Gasteiger partial charge >= 0.3 is 0 Å². The summed E-state index contributed by atoms with van der Waals surface area (Å²) < 4.78 is 0. The number of hydrogen-bond acceptors (Lipinski definition) is 0. The van der Waals surface area contributed by atoms with Crippen molar-refractivity contribution in [2.75, 3.05) is 0 Å². The molecule has 0 saturated carbocycles. The van der Waals surface area contributed by atoms with Crippen LogP contribution in [0.2, 0.25) is 0 Å². The standard InChI is InChI=1S/C42H28Si/c1-3-13-29(14-4-1)31-17-11-18-32(27-31)41-37-22-9-10-23-38(37)42(36-24-12-16-30-15-7-8-21-35(30)36)40-28-34(25-26-39(40)41)43-33-19-5-2-6-20-33/h1-28H. The second kappa shape index (κ2) is 10.9.